The van der Waals surface area contributed by atoms with E-state index in [-0.39, 0.29) is 11.9 Å². The molecule has 0 aromatic heterocycles. The number of amides is 1. The number of ether oxygens (including phenoxy) is 2. The number of benzene rings is 2. The first-order valence-electron chi connectivity index (χ1n) is 10.9. The van der Waals surface area contributed by atoms with Crippen LogP contribution in [0.15, 0.2) is 47.5 Å². The summed E-state index contributed by atoms with van der Waals surface area (Å²) >= 11 is 0. The molecule has 1 atom stereocenters. The van der Waals surface area contributed by atoms with Crippen LogP contribution in [0.3, 0.4) is 0 Å². The van der Waals surface area contributed by atoms with Crippen molar-refractivity contribution < 1.29 is 14.3 Å². The van der Waals surface area contributed by atoms with Gasteiger partial charge in [0.25, 0.3) is 0 Å². The average molecular weight is 440 g/mol. The number of guanidine groups is 1. The van der Waals surface area contributed by atoms with Crippen molar-refractivity contribution in [1.29, 1.82) is 0 Å². The van der Waals surface area contributed by atoms with E-state index in [9.17, 15) is 4.79 Å². The Kier molecular flexibility index (Phi) is 8.19. The highest BCUT2D eigenvalue weighted by atomic mass is 16.5. The number of methoxy groups -OCH3 is 2. The molecule has 3 rings (SSSR count). The summed E-state index contributed by atoms with van der Waals surface area (Å²) in [6.07, 6.45) is 1.00. The Morgan fingerprint density at radius 1 is 1.16 bits per heavy atom. The predicted octanol–water partition coefficient (Wildman–Crippen LogP) is 3.00. The van der Waals surface area contributed by atoms with E-state index in [0.717, 1.165) is 60.5 Å². The molecule has 2 aromatic rings. The number of hydrogen-bond donors (Lipinski definition) is 3. The van der Waals surface area contributed by atoms with Crippen molar-refractivity contribution in [2.75, 3.05) is 44.1 Å². The van der Waals surface area contributed by atoms with Gasteiger partial charge >= 0.3 is 0 Å². The lowest BCUT2D eigenvalue weighted by molar-refractivity contribution is -0.114. The molecule has 0 saturated carbocycles. The highest BCUT2D eigenvalue weighted by Crippen LogP contribution is 2.30. The Morgan fingerprint density at radius 2 is 1.91 bits per heavy atom. The van der Waals surface area contributed by atoms with E-state index >= 15 is 0 Å². The first-order chi connectivity index (χ1) is 15.5. The van der Waals surface area contributed by atoms with Crippen LogP contribution in [-0.2, 0) is 11.3 Å². The highest BCUT2D eigenvalue weighted by molar-refractivity contribution is 5.88. The first-order valence-corrected chi connectivity index (χ1v) is 10.9. The summed E-state index contributed by atoms with van der Waals surface area (Å²) in [5.74, 6) is 2.27. The molecule has 32 heavy (non-hydrogen) atoms. The third kappa shape index (κ3) is 6.54. The topological polar surface area (TPSA) is 87.2 Å². The molecule has 0 aliphatic carbocycles. The largest absolute Gasteiger partial charge is 0.497 e. The highest BCUT2D eigenvalue weighted by Gasteiger charge is 2.24. The van der Waals surface area contributed by atoms with Crippen LogP contribution in [0.5, 0.6) is 11.5 Å². The zero-order chi connectivity index (χ0) is 22.9. The summed E-state index contributed by atoms with van der Waals surface area (Å²) in [6.45, 7) is 6.65. The minimum Gasteiger partial charge on any atom is -0.497 e. The van der Waals surface area contributed by atoms with Crippen LogP contribution in [0, 0.1) is 0 Å². The van der Waals surface area contributed by atoms with Gasteiger partial charge in [-0.2, -0.15) is 0 Å². The first kappa shape index (κ1) is 23.2. The normalized spacial score (nSPS) is 15.9. The van der Waals surface area contributed by atoms with Crippen molar-refractivity contribution in [2.45, 2.75) is 32.9 Å². The summed E-state index contributed by atoms with van der Waals surface area (Å²) in [7, 11) is 3.33. The second kappa shape index (κ2) is 11.3. The summed E-state index contributed by atoms with van der Waals surface area (Å²) < 4.78 is 10.8. The van der Waals surface area contributed by atoms with E-state index in [1.165, 1.54) is 6.92 Å². The predicted molar refractivity (Wildman–Crippen MR) is 129 cm³/mol. The average Bonchev–Trinajstić information content (AvgIpc) is 3.25. The molecule has 1 saturated heterocycles. The minimum absolute atomic E-state index is 0.0832. The van der Waals surface area contributed by atoms with Crippen molar-refractivity contribution in [3.05, 3.63) is 48.0 Å². The molecule has 1 aliphatic heterocycles. The van der Waals surface area contributed by atoms with Gasteiger partial charge in [-0.25, -0.2) is 4.99 Å². The Bertz CT molecular complexity index is 925. The minimum atomic E-state index is -0.0832. The second-order valence-electron chi connectivity index (χ2n) is 7.72. The SMILES string of the molecule is CCNC(=NCc1cccc(NC(C)=O)c1)NC1CCN(c2cc(OC)cc(OC)c2)C1. The fourth-order valence-electron chi connectivity index (χ4n) is 3.72. The molecule has 1 aliphatic rings. The van der Waals surface area contributed by atoms with E-state index in [0.29, 0.717) is 6.54 Å². The fraction of sp³-hybridized carbons (Fsp3) is 0.417. The van der Waals surface area contributed by atoms with Crippen LogP contribution >= 0.6 is 0 Å². The molecule has 1 heterocycles. The van der Waals surface area contributed by atoms with Crippen LogP contribution in [0.25, 0.3) is 0 Å². The van der Waals surface area contributed by atoms with Crippen molar-refractivity contribution >= 4 is 23.2 Å². The molecule has 1 fully saturated rings. The molecule has 2 aromatic carbocycles. The maximum absolute atomic E-state index is 11.3. The van der Waals surface area contributed by atoms with Crippen LogP contribution in [0.2, 0.25) is 0 Å². The number of hydrogen-bond acceptors (Lipinski definition) is 5. The Balaban J connectivity index is 1.64. The van der Waals surface area contributed by atoms with Gasteiger partial charge in [0.1, 0.15) is 11.5 Å². The summed E-state index contributed by atoms with van der Waals surface area (Å²) in [4.78, 5) is 18.4. The smallest absolute Gasteiger partial charge is 0.221 e. The van der Waals surface area contributed by atoms with E-state index in [1.54, 1.807) is 14.2 Å². The molecular weight excluding hydrogens is 406 g/mol. The molecule has 0 bridgehead atoms. The molecule has 1 unspecified atom stereocenters. The lowest BCUT2D eigenvalue weighted by atomic mass is 10.2. The van der Waals surface area contributed by atoms with E-state index in [2.05, 4.69) is 27.8 Å². The molecular formula is C24H33N5O3. The maximum Gasteiger partial charge on any atom is 0.221 e. The third-order valence-corrected chi connectivity index (χ3v) is 5.24. The van der Waals surface area contributed by atoms with E-state index in [1.807, 2.05) is 42.5 Å². The number of carbonyl (C=O) groups is 1. The zero-order valence-corrected chi connectivity index (χ0v) is 19.3. The number of rotatable bonds is 8. The Labute approximate surface area is 190 Å². The quantitative estimate of drug-likeness (QED) is 0.433. The molecule has 8 nitrogen and oxygen atoms in total. The molecule has 0 radical (unpaired) electrons. The van der Waals surface area contributed by atoms with Crippen molar-refractivity contribution in [3.8, 4) is 11.5 Å². The molecule has 3 N–H and O–H groups in total. The van der Waals surface area contributed by atoms with Gasteiger partial charge in [-0.15, -0.1) is 0 Å². The summed E-state index contributed by atoms with van der Waals surface area (Å²) in [5.41, 5.74) is 2.90. The van der Waals surface area contributed by atoms with Gasteiger partial charge in [0.05, 0.1) is 20.8 Å². The molecule has 8 heteroatoms. The van der Waals surface area contributed by atoms with Crippen molar-refractivity contribution in [1.82, 2.24) is 10.6 Å². The standard InChI is InChI=1S/C24H33N5O3/c1-5-25-24(26-15-18-7-6-8-19(11-18)27-17(2)30)28-20-9-10-29(16-20)21-12-22(31-3)14-23(13-21)32-4/h6-8,11-14,20H,5,9-10,15-16H2,1-4H3,(H,27,30)(H2,25,26,28). The zero-order valence-electron chi connectivity index (χ0n) is 19.3. The lowest BCUT2D eigenvalue weighted by Gasteiger charge is -2.21. The lowest BCUT2D eigenvalue weighted by Crippen LogP contribution is -2.44. The van der Waals surface area contributed by atoms with E-state index < -0.39 is 0 Å². The van der Waals surface area contributed by atoms with Gasteiger partial charge in [-0.1, -0.05) is 12.1 Å². The van der Waals surface area contributed by atoms with Gasteiger partial charge in [0.2, 0.25) is 5.91 Å². The van der Waals surface area contributed by atoms with Gasteiger partial charge in [-0.05, 0) is 31.0 Å². The van der Waals surface area contributed by atoms with Crippen molar-refractivity contribution in [3.63, 3.8) is 0 Å². The molecule has 0 spiro atoms. The summed E-state index contributed by atoms with van der Waals surface area (Å²) in [5, 5.41) is 9.70. The van der Waals surface area contributed by atoms with Gasteiger partial charge in [0, 0.05) is 62.2 Å². The van der Waals surface area contributed by atoms with E-state index in [4.69, 9.17) is 14.5 Å². The van der Waals surface area contributed by atoms with Crippen LogP contribution in [-0.4, -0.2) is 51.8 Å². The van der Waals surface area contributed by atoms with Crippen LogP contribution < -0.4 is 30.3 Å². The van der Waals surface area contributed by atoms with Gasteiger partial charge in [0.15, 0.2) is 5.96 Å². The number of carbonyl (C=O) groups excluding carboxylic acids is 1. The third-order valence-electron chi connectivity index (χ3n) is 5.24. The number of nitrogens with one attached hydrogen (secondary N) is 3. The number of nitrogens with zero attached hydrogens (tertiary/aromatic N) is 2. The van der Waals surface area contributed by atoms with Crippen molar-refractivity contribution in [2.24, 2.45) is 4.99 Å². The second-order valence-corrected chi connectivity index (χ2v) is 7.72. The Hall–Kier alpha value is -3.42. The maximum atomic E-state index is 11.3. The number of anilines is 2. The Morgan fingerprint density at radius 3 is 2.56 bits per heavy atom. The van der Waals surface area contributed by atoms with Crippen LogP contribution in [0.4, 0.5) is 11.4 Å². The molecule has 1 amide bonds. The summed E-state index contributed by atoms with van der Waals surface area (Å²) in [6, 6.07) is 14.0. The van der Waals surface area contributed by atoms with Gasteiger partial charge in [-0.3, -0.25) is 4.79 Å². The molecule has 172 valence electrons. The monoisotopic (exact) mass is 439 g/mol. The number of aliphatic imine (C=N–C) groups is 1. The fourth-order valence-corrected chi connectivity index (χ4v) is 3.72. The van der Waals surface area contributed by atoms with Crippen LogP contribution in [0.1, 0.15) is 25.8 Å². The van der Waals surface area contributed by atoms with Gasteiger partial charge < -0.3 is 30.3 Å².